The van der Waals surface area contributed by atoms with Gasteiger partial charge in [-0.3, -0.25) is 34.9 Å². The summed E-state index contributed by atoms with van der Waals surface area (Å²) in [5.74, 6) is -3.77. The Labute approximate surface area is 229 Å². The highest BCUT2D eigenvalue weighted by Gasteiger charge is 2.76. The fourth-order valence-electron chi connectivity index (χ4n) is 6.38. The van der Waals surface area contributed by atoms with Gasteiger partial charge in [-0.05, 0) is 29.7 Å². The maximum atomic E-state index is 13.5. The van der Waals surface area contributed by atoms with Gasteiger partial charge in [0.25, 0.3) is 11.6 Å². The summed E-state index contributed by atoms with van der Waals surface area (Å²) in [6.07, 6.45) is 0.213. The zero-order chi connectivity index (χ0) is 28.4. The van der Waals surface area contributed by atoms with Crippen molar-refractivity contribution in [3.8, 4) is 11.1 Å². The van der Waals surface area contributed by atoms with E-state index in [1.807, 2.05) is 43.3 Å². The number of amides is 3. The SMILES string of the molecule is Cc1c(C(=O)NC2CN3C(N)=N[C@@H](CN4C(=O)CCC4=O)[C@@H]4[NH+]=C(N)NC43C2(O)O)cccc1-c1ccccc1. The molecule has 4 aliphatic rings. The molecule has 3 amide bonds. The maximum absolute atomic E-state index is 13.5. The summed E-state index contributed by atoms with van der Waals surface area (Å²) in [5, 5.41) is 29.1. The Bertz CT molecular complexity index is 1460. The lowest BCUT2D eigenvalue weighted by Gasteiger charge is -2.46. The van der Waals surface area contributed by atoms with Gasteiger partial charge < -0.3 is 21.3 Å². The quantitative estimate of drug-likeness (QED) is 0.148. The monoisotopic (exact) mass is 547 g/mol. The number of carbonyl (C=O) groups excluding carboxylic acids is 3. The number of benzene rings is 2. The Hall–Kier alpha value is -4.49. The zero-order valence-electron chi connectivity index (χ0n) is 21.8. The van der Waals surface area contributed by atoms with E-state index >= 15 is 0 Å². The largest absolute Gasteiger partial charge is 0.370 e. The lowest BCUT2D eigenvalue weighted by molar-refractivity contribution is -0.521. The first-order valence-corrected chi connectivity index (χ1v) is 13.1. The highest BCUT2D eigenvalue weighted by molar-refractivity contribution is 6.02. The van der Waals surface area contributed by atoms with E-state index in [1.54, 1.807) is 12.1 Å². The molecule has 4 atom stereocenters. The molecule has 2 aromatic rings. The number of hydrogen-bond acceptors (Lipinski definition) is 10. The van der Waals surface area contributed by atoms with E-state index in [9.17, 15) is 24.6 Å². The van der Waals surface area contributed by atoms with Crippen molar-refractivity contribution in [1.82, 2.24) is 20.4 Å². The summed E-state index contributed by atoms with van der Waals surface area (Å²) in [4.78, 5) is 48.2. The van der Waals surface area contributed by atoms with Crippen LogP contribution in [0.1, 0.15) is 28.8 Å². The van der Waals surface area contributed by atoms with Crippen molar-refractivity contribution >= 4 is 29.6 Å². The first kappa shape index (κ1) is 25.8. The van der Waals surface area contributed by atoms with Gasteiger partial charge in [0, 0.05) is 18.4 Å². The second-order valence-corrected chi connectivity index (χ2v) is 10.6. The number of aliphatic imine (C=N–C) groups is 1. The zero-order valence-corrected chi connectivity index (χ0v) is 21.8. The van der Waals surface area contributed by atoms with Crippen molar-refractivity contribution in [2.45, 2.75) is 49.3 Å². The van der Waals surface area contributed by atoms with Gasteiger partial charge in [-0.25, -0.2) is 10.3 Å². The minimum absolute atomic E-state index is 0.0369. The molecule has 0 radical (unpaired) electrons. The third-order valence-corrected chi connectivity index (χ3v) is 8.38. The van der Waals surface area contributed by atoms with Crippen molar-refractivity contribution in [2.24, 2.45) is 16.5 Å². The van der Waals surface area contributed by atoms with E-state index < -0.39 is 35.5 Å². The van der Waals surface area contributed by atoms with Crippen molar-refractivity contribution < 1.29 is 29.6 Å². The Balaban J connectivity index is 1.30. The van der Waals surface area contributed by atoms with Crippen LogP contribution in [0.4, 0.5) is 0 Å². The molecule has 0 aromatic heterocycles. The molecule has 4 aliphatic heterocycles. The number of imide groups is 1. The molecule has 9 N–H and O–H groups in total. The Morgan fingerprint density at radius 1 is 1.12 bits per heavy atom. The standard InChI is InChI=1S/C27H30N8O5/c1-14-16(15-6-3-2-4-7-15)8-5-9-17(14)23(38)31-19-13-35-25(29)30-18(12-34-20(36)10-11-21(34)37)22-26(35,27(19,39)40)33-24(28)32-22/h2-9,18-19,22,39-40H,10-13H2,1H3,(H2,29,30)(H,31,38)(H3,28,32,33)/p+1/t18-,19?,22-,26?/m0/s1. The minimum atomic E-state index is -2.61. The summed E-state index contributed by atoms with van der Waals surface area (Å²) < 4.78 is 0. The lowest BCUT2D eigenvalue weighted by Crippen LogP contribution is -2.90. The number of nitrogens with two attached hydrogens (primary N) is 2. The fourth-order valence-corrected chi connectivity index (χ4v) is 6.38. The molecule has 2 fully saturated rings. The molecule has 0 bridgehead atoms. The van der Waals surface area contributed by atoms with Gasteiger partial charge in [0.15, 0.2) is 12.0 Å². The normalized spacial score (nSPS) is 28.5. The minimum Gasteiger partial charge on any atom is -0.370 e. The molecule has 4 heterocycles. The van der Waals surface area contributed by atoms with Crippen LogP contribution in [0.25, 0.3) is 11.1 Å². The average Bonchev–Trinajstić information content (AvgIpc) is 3.52. The predicted octanol–water partition coefficient (Wildman–Crippen LogP) is -3.33. The lowest BCUT2D eigenvalue weighted by atomic mass is 9.84. The van der Waals surface area contributed by atoms with Gasteiger partial charge in [-0.1, -0.05) is 42.5 Å². The molecule has 6 rings (SSSR count). The van der Waals surface area contributed by atoms with Crippen LogP contribution in [-0.4, -0.2) is 92.3 Å². The molecule has 2 aromatic carbocycles. The topological polar surface area (TPSA) is 201 Å². The number of carbonyl (C=O) groups is 3. The van der Waals surface area contributed by atoms with Crippen molar-refractivity contribution in [2.75, 3.05) is 13.1 Å². The Morgan fingerprint density at radius 2 is 1.82 bits per heavy atom. The molecule has 13 nitrogen and oxygen atoms in total. The number of nitrogens with one attached hydrogen (secondary N) is 3. The predicted molar refractivity (Wildman–Crippen MR) is 143 cm³/mol. The van der Waals surface area contributed by atoms with Crippen molar-refractivity contribution in [3.05, 3.63) is 59.7 Å². The van der Waals surface area contributed by atoms with Gasteiger partial charge in [-0.2, -0.15) is 0 Å². The number of rotatable bonds is 5. The number of nitrogens with zero attached hydrogens (tertiary/aromatic N) is 3. The van der Waals surface area contributed by atoms with Crippen LogP contribution >= 0.6 is 0 Å². The van der Waals surface area contributed by atoms with E-state index in [-0.39, 0.29) is 49.7 Å². The van der Waals surface area contributed by atoms with E-state index in [0.29, 0.717) is 5.56 Å². The van der Waals surface area contributed by atoms with Crippen molar-refractivity contribution in [1.29, 1.82) is 0 Å². The summed E-state index contributed by atoms with van der Waals surface area (Å²) in [6.45, 7) is 1.63. The maximum Gasteiger partial charge on any atom is 0.343 e. The van der Waals surface area contributed by atoms with Gasteiger partial charge in [0.2, 0.25) is 17.6 Å². The number of hydrogen-bond donors (Lipinski definition) is 7. The molecule has 0 aliphatic carbocycles. The molecular weight excluding hydrogens is 516 g/mol. The van der Waals surface area contributed by atoms with Gasteiger partial charge in [-0.15, -0.1) is 0 Å². The molecule has 1 spiro atoms. The fraction of sp³-hybridized carbons (Fsp3) is 0.370. The van der Waals surface area contributed by atoms with Gasteiger partial charge in [0.1, 0.15) is 12.1 Å². The van der Waals surface area contributed by atoms with Crippen LogP contribution in [0.5, 0.6) is 0 Å². The van der Waals surface area contributed by atoms with Crippen LogP contribution in [0.2, 0.25) is 0 Å². The summed E-state index contributed by atoms with van der Waals surface area (Å²) >= 11 is 0. The number of guanidine groups is 2. The molecule has 2 saturated heterocycles. The summed E-state index contributed by atoms with van der Waals surface area (Å²) in [7, 11) is 0. The smallest absolute Gasteiger partial charge is 0.343 e. The van der Waals surface area contributed by atoms with E-state index in [2.05, 4.69) is 20.6 Å². The first-order chi connectivity index (χ1) is 19.0. The van der Waals surface area contributed by atoms with E-state index in [4.69, 9.17) is 11.5 Å². The molecule has 208 valence electrons. The van der Waals surface area contributed by atoms with Crippen LogP contribution in [0, 0.1) is 6.92 Å². The average molecular weight is 548 g/mol. The molecule has 2 unspecified atom stereocenters. The number of aliphatic hydroxyl groups is 2. The first-order valence-electron chi connectivity index (χ1n) is 13.1. The Kier molecular flexibility index (Phi) is 5.82. The van der Waals surface area contributed by atoms with Gasteiger partial charge in [0.05, 0.1) is 13.1 Å². The highest BCUT2D eigenvalue weighted by Crippen LogP contribution is 2.41. The summed E-state index contributed by atoms with van der Waals surface area (Å²) in [6, 6.07) is 12.1. The molecule has 13 heteroatoms. The third-order valence-electron chi connectivity index (χ3n) is 8.38. The number of likely N-dealkylation sites (tertiary alicyclic amines) is 1. The molecular formula is C27H31N8O5+. The van der Waals surface area contributed by atoms with Gasteiger partial charge >= 0.3 is 5.96 Å². The van der Waals surface area contributed by atoms with Crippen LogP contribution in [0.3, 0.4) is 0 Å². The second kappa shape index (κ2) is 9.03. The Morgan fingerprint density at radius 3 is 2.52 bits per heavy atom. The van der Waals surface area contributed by atoms with Crippen LogP contribution in [0.15, 0.2) is 53.5 Å². The van der Waals surface area contributed by atoms with E-state index in [1.165, 1.54) is 4.90 Å². The summed E-state index contributed by atoms with van der Waals surface area (Å²) in [5.41, 5.74) is 13.6. The second-order valence-electron chi connectivity index (χ2n) is 10.6. The van der Waals surface area contributed by atoms with Crippen LogP contribution in [-0.2, 0) is 9.59 Å². The molecule has 0 saturated carbocycles. The molecule has 40 heavy (non-hydrogen) atoms. The highest BCUT2D eigenvalue weighted by atomic mass is 16.5. The van der Waals surface area contributed by atoms with Crippen molar-refractivity contribution in [3.63, 3.8) is 0 Å². The van der Waals surface area contributed by atoms with E-state index in [0.717, 1.165) is 21.6 Å². The van der Waals surface area contributed by atoms with Crippen LogP contribution < -0.4 is 27.1 Å². The third kappa shape index (κ3) is 3.65.